The number of rotatable bonds is 5. The zero-order valence-corrected chi connectivity index (χ0v) is 17.4. The van der Waals surface area contributed by atoms with Crippen LogP contribution in [0.1, 0.15) is 34.5 Å². The minimum Gasteiger partial charge on any atom is -0.473 e. The van der Waals surface area contributed by atoms with Crippen molar-refractivity contribution in [3.8, 4) is 17.6 Å². The third-order valence-corrected chi connectivity index (χ3v) is 5.17. The molecule has 34 heavy (non-hydrogen) atoms. The average Bonchev–Trinajstić information content (AvgIpc) is 3.52. The first-order valence-electron chi connectivity index (χ1n) is 10.2. The number of pyridine rings is 2. The van der Waals surface area contributed by atoms with E-state index in [2.05, 4.69) is 20.4 Å². The molecule has 8 nitrogen and oxygen atoms in total. The van der Waals surface area contributed by atoms with Crippen molar-refractivity contribution >= 4 is 22.5 Å². The predicted molar refractivity (Wildman–Crippen MR) is 114 cm³/mol. The van der Waals surface area contributed by atoms with Gasteiger partial charge in [-0.2, -0.15) is 23.5 Å². The van der Waals surface area contributed by atoms with E-state index in [1.807, 2.05) is 6.07 Å². The molecular formula is C23H15F3N6O2. The van der Waals surface area contributed by atoms with Gasteiger partial charge in [0, 0.05) is 11.6 Å². The van der Waals surface area contributed by atoms with Gasteiger partial charge in [-0.3, -0.25) is 9.78 Å². The van der Waals surface area contributed by atoms with Crippen LogP contribution in [0.15, 0.2) is 55.0 Å². The highest BCUT2D eigenvalue weighted by molar-refractivity contribution is 6.05. The van der Waals surface area contributed by atoms with E-state index in [9.17, 15) is 23.2 Å². The summed E-state index contributed by atoms with van der Waals surface area (Å²) in [5.74, 6) is -0.921. The molecule has 0 unspecified atom stereocenters. The monoisotopic (exact) mass is 464 g/mol. The Balaban J connectivity index is 1.51. The molecule has 3 aromatic heterocycles. The van der Waals surface area contributed by atoms with E-state index in [4.69, 9.17) is 4.74 Å². The van der Waals surface area contributed by atoms with Crippen LogP contribution in [0, 0.1) is 11.3 Å². The van der Waals surface area contributed by atoms with E-state index in [0.29, 0.717) is 15.6 Å². The summed E-state index contributed by atoms with van der Waals surface area (Å²) in [6.07, 6.45) is 0.462. The van der Waals surface area contributed by atoms with Gasteiger partial charge >= 0.3 is 6.18 Å². The van der Waals surface area contributed by atoms with Gasteiger partial charge in [0.1, 0.15) is 17.7 Å². The Morgan fingerprint density at radius 3 is 2.74 bits per heavy atom. The van der Waals surface area contributed by atoms with Crippen LogP contribution in [-0.2, 0) is 6.18 Å². The highest BCUT2D eigenvalue weighted by Crippen LogP contribution is 2.35. The summed E-state index contributed by atoms with van der Waals surface area (Å²) in [7, 11) is 0. The van der Waals surface area contributed by atoms with Gasteiger partial charge in [0.05, 0.1) is 34.8 Å². The third kappa shape index (κ3) is 4.01. The lowest BCUT2D eigenvalue weighted by Crippen LogP contribution is -2.21. The molecule has 0 atom stereocenters. The Labute approximate surface area is 190 Å². The van der Waals surface area contributed by atoms with E-state index >= 15 is 0 Å². The quantitative estimate of drug-likeness (QED) is 0.466. The largest absolute Gasteiger partial charge is 0.473 e. The summed E-state index contributed by atoms with van der Waals surface area (Å²) in [5.41, 5.74) is -1.17. The number of hydrogen-bond acceptors (Lipinski definition) is 6. The van der Waals surface area contributed by atoms with Crippen LogP contribution in [0.2, 0.25) is 0 Å². The topological polar surface area (TPSA) is 106 Å². The number of hydrogen-bond donors (Lipinski definition) is 1. The smallest absolute Gasteiger partial charge is 0.434 e. The molecule has 1 saturated carbocycles. The summed E-state index contributed by atoms with van der Waals surface area (Å²) in [5, 5.41) is 16.0. The number of nitrogens with zero attached hydrogens (tertiary/aromatic N) is 5. The molecular weight excluding hydrogens is 449 g/mol. The Morgan fingerprint density at radius 2 is 2.00 bits per heavy atom. The number of aromatic nitrogens is 4. The minimum atomic E-state index is -4.88. The molecule has 11 heteroatoms. The van der Waals surface area contributed by atoms with Gasteiger partial charge in [-0.25, -0.2) is 9.67 Å². The molecule has 1 amide bonds. The molecule has 170 valence electrons. The first-order chi connectivity index (χ1) is 16.3. The van der Waals surface area contributed by atoms with E-state index in [1.54, 1.807) is 24.3 Å². The van der Waals surface area contributed by atoms with Crippen LogP contribution in [-0.4, -0.2) is 31.8 Å². The molecule has 1 fully saturated rings. The number of nitriles is 1. The maximum Gasteiger partial charge on any atom is 0.434 e. The van der Waals surface area contributed by atoms with Gasteiger partial charge < -0.3 is 10.1 Å². The van der Waals surface area contributed by atoms with E-state index in [-0.39, 0.29) is 28.9 Å². The number of benzene rings is 1. The van der Waals surface area contributed by atoms with Gasteiger partial charge in [0.25, 0.3) is 5.91 Å². The second-order valence-electron chi connectivity index (χ2n) is 7.62. The van der Waals surface area contributed by atoms with Gasteiger partial charge in [-0.15, -0.1) is 0 Å². The number of ether oxygens (including phenoxy) is 1. The first-order valence-corrected chi connectivity index (χ1v) is 10.2. The van der Waals surface area contributed by atoms with E-state index in [1.165, 1.54) is 24.5 Å². The molecule has 0 radical (unpaired) electrons. The fourth-order valence-corrected chi connectivity index (χ4v) is 3.48. The maximum atomic E-state index is 14.1. The molecule has 3 heterocycles. The number of nitrogens with one attached hydrogen (secondary N) is 1. The molecule has 0 aliphatic heterocycles. The number of alkyl halides is 3. The van der Waals surface area contributed by atoms with Crippen molar-refractivity contribution in [2.45, 2.75) is 25.1 Å². The number of fused-ring (bicyclic) bond motifs is 1. The van der Waals surface area contributed by atoms with Crippen molar-refractivity contribution in [1.29, 1.82) is 5.26 Å². The highest BCUT2D eigenvalue weighted by Gasteiger charge is 2.41. The maximum absolute atomic E-state index is 14.1. The van der Waals surface area contributed by atoms with E-state index < -0.39 is 23.3 Å². The molecule has 0 saturated heterocycles. The molecule has 4 aromatic rings. The number of amides is 1. The number of carbonyl (C=O) groups is 1. The lowest BCUT2D eigenvalue weighted by Gasteiger charge is -2.14. The Morgan fingerprint density at radius 1 is 1.18 bits per heavy atom. The van der Waals surface area contributed by atoms with Crippen LogP contribution in [0.5, 0.6) is 5.88 Å². The van der Waals surface area contributed by atoms with E-state index in [0.717, 1.165) is 19.0 Å². The zero-order valence-electron chi connectivity index (χ0n) is 17.4. The molecule has 5 rings (SSSR count). The third-order valence-electron chi connectivity index (χ3n) is 5.17. The lowest BCUT2D eigenvalue weighted by molar-refractivity contribution is -0.143. The van der Waals surface area contributed by atoms with Crippen molar-refractivity contribution in [1.82, 2.24) is 19.7 Å². The van der Waals surface area contributed by atoms with Crippen molar-refractivity contribution in [2.24, 2.45) is 0 Å². The molecule has 1 N–H and O–H groups in total. The van der Waals surface area contributed by atoms with Gasteiger partial charge in [-0.05, 0) is 43.2 Å². The van der Waals surface area contributed by atoms with Crippen LogP contribution >= 0.6 is 0 Å². The van der Waals surface area contributed by atoms with Crippen molar-refractivity contribution in [3.63, 3.8) is 0 Å². The molecule has 1 aliphatic carbocycles. The zero-order chi connectivity index (χ0) is 23.9. The lowest BCUT2D eigenvalue weighted by atomic mass is 10.1. The number of halogens is 3. The standard InChI is InChI=1S/C23H15F3N6O2/c24-23(25,26)20-17(12-30-32(20)19-5-1-4-18-16(19)3-2-8-28-18)21(33)31-14-9-13(10-27)22(29-11-14)34-15-6-7-15/h1-5,8-9,11-12,15H,6-7H2,(H,31,33). The summed E-state index contributed by atoms with van der Waals surface area (Å²) in [6.45, 7) is 0. The molecule has 0 bridgehead atoms. The van der Waals surface area contributed by atoms with Crippen LogP contribution in [0.3, 0.4) is 0 Å². The first kappa shape index (κ1) is 21.4. The van der Waals surface area contributed by atoms with Gasteiger partial charge in [0.15, 0.2) is 5.69 Å². The average molecular weight is 464 g/mol. The van der Waals surface area contributed by atoms with Gasteiger partial charge in [-0.1, -0.05) is 6.07 Å². The highest BCUT2D eigenvalue weighted by atomic mass is 19.4. The molecule has 0 spiro atoms. The second kappa shape index (κ2) is 8.15. The van der Waals surface area contributed by atoms with Crippen molar-refractivity contribution in [3.05, 3.63) is 71.8 Å². The van der Waals surface area contributed by atoms with Crippen LogP contribution in [0.25, 0.3) is 16.6 Å². The SMILES string of the molecule is N#Cc1cc(NC(=O)c2cnn(-c3cccc4ncccc34)c2C(F)(F)F)cnc1OC1CC1. The minimum absolute atomic E-state index is 0.00416. The molecule has 1 aliphatic rings. The Kier molecular flexibility index (Phi) is 5.13. The summed E-state index contributed by atoms with van der Waals surface area (Å²) in [4.78, 5) is 21.0. The van der Waals surface area contributed by atoms with Crippen molar-refractivity contribution < 1.29 is 22.7 Å². The van der Waals surface area contributed by atoms with Crippen LogP contribution < -0.4 is 10.1 Å². The normalized spacial score (nSPS) is 13.5. The molecule has 1 aromatic carbocycles. The summed E-state index contributed by atoms with van der Waals surface area (Å²) in [6, 6.07) is 11.1. The number of carbonyl (C=O) groups excluding carboxylic acids is 1. The second-order valence-corrected chi connectivity index (χ2v) is 7.62. The van der Waals surface area contributed by atoms with Crippen LogP contribution in [0.4, 0.5) is 18.9 Å². The Hall–Kier alpha value is -4.46. The summed E-state index contributed by atoms with van der Waals surface area (Å²) >= 11 is 0. The summed E-state index contributed by atoms with van der Waals surface area (Å²) < 4.78 is 48.5. The number of anilines is 1. The fourth-order valence-electron chi connectivity index (χ4n) is 3.48. The van der Waals surface area contributed by atoms with Crippen molar-refractivity contribution in [2.75, 3.05) is 5.32 Å². The Bertz CT molecular complexity index is 1450. The fraction of sp³-hybridized carbons (Fsp3) is 0.174. The van der Waals surface area contributed by atoms with Gasteiger partial charge in [0.2, 0.25) is 5.88 Å². The predicted octanol–water partition coefficient (Wildman–Crippen LogP) is 4.50.